The lowest BCUT2D eigenvalue weighted by Crippen LogP contribution is -2.23. The van der Waals surface area contributed by atoms with Crippen molar-refractivity contribution in [2.24, 2.45) is 0 Å². The number of aryl methyl sites for hydroxylation is 3. The fraction of sp³-hybridized carbons (Fsp3) is 0.250. The number of hydrogen-bond donors (Lipinski definition) is 0. The van der Waals surface area contributed by atoms with Gasteiger partial charge in [-0.1, -0.05) is 19.1 Å². The van der Waals surface area contributed by atoms with E-state index in [4.69, 9.17) is 9.15 Å². The van der Waals surface area contributed by atoms with Crippen molar-refractivity contribution in [3.8, 4) is 0 Å². The second-order valence-electron chi connectivity index (χ2n) is 7.30. The molecular formula is C24H22N2O5. The van der Waals surface area contributed by atoms with Gasteiger partial charge < -0.3 is 13.7 Å². The van der Waals surface area contributed by atoms with E-state index in [2.05, 4.69) is 4.98 Å². The zero-order valence-corrected chi connectivity index (χ0v) is 17.6. The molecule has 2 heterocycles. The van der Waals surface area contributed by atoms with Crippen molar-refractivity contribution >= 4 is 28.0 Å². The first kappa shape index (κ1) is 20.5. The molecule has 0 saturated carbocycles. The molecule has 0 atom stereocenters. The molecule has 158 valence electrons. The number of rotatable bonds is 5. The molecule has 2 aromatic carbocycles. The third-order valence-corrected chi connectivity index (χ3v) is 5.32. The summed E-state index contributed by atoms with van der Waals surface area (Å²) in [5, 5.41) is 0.729. The molecule has 0 spiro atoms. The molecule has 2 aromatic heterocycles. The summed E-state index contributed by atoms with van der Waals surface area (Å²) in [6.45, 7) is 5.99. The first-order chi connectivity index (χ1) is 14.9. The van der Waals surface area contributed by atoms with Gasteiger partial charge in [-0.05, 0) is 50.1 Å². The summed E-state index contributed by atoms with van der Waals surface area (Å²) in [6, 6.07) is 11.9. The van der Waals surface area contributed by atoms with E-state index >= 15 is 0 Å². The average Bonchev–Trinajstić information content (AvgIpc) is 2.77. The van der Waals surface area contributed by atoms with Crippen LogP contribution in [0.25, 0.3) is 22.0 Å². The summed E-state index contributed by atoms with van der Waals surface area (Å²) in [6.07, 6.45) is 0.820. The van der Waals surface area contributed by atoms with Crippen LogP contribution in [0.2, 0.25) is 0 Å². The van der Waals surface area contributed by atoms with Crippen LogP contribution in [0.5, 0.6) is 0 Å². The zero-order valence-electron chi connectivity index (χ0n) is 17.6. The summed E-state index contributed by atoms with van der Waals surface area (Å²) in [4.78, 5) is 41.2. The van der Waals surface area contributed by atoms with Crippen LogP contribution >= 0.6 is 0 Å². The second-order valence-corrected chi connectivity index (χ2v) is 7.30. The molecular weight excluding hydrogens is 396 g/mol. The average molecular weight is 418 g/mol. The van der Waals surface area contributed by atoms with Crippen molar-refractivity contribution < 1.29 is 13.9 Å². The van der Waals surface area contributed by atoms with Gasteiger partial charge in [0.15, 0.2) is 0 Å². The molecule has 4 rings (SSSR count). The van der Waals surface area contributed by atoms with Gasteiger partial charge >= 0.3 is 11.6 Å². The molecule has 0 amide bonds. The number of carbonyl (C=O) groups excluding carboxylic acids is 1. The first-order valence-electron chi connectivity index (χ1n) is 10.1. The van der Waals surface area contributed by atoms with E-state index in [1.54, 1.807) is 29.7 Å². The van der Waals surface area contributed by atoms with Crippen molar-refractivity contribution in [1.82, 2.24) is 9.55 Å². The monoisotopic (exact) mass is 418 g/mol. The van der Waals surface area contributed by atoms with Crippen LogP contribution < -0.4 is 11.2 Å². The molecule has 0 bridgehead atoms. The van der Waals surface area contributed by atoms with E-state index in [1.165, 1.54) is 6.07 Å². The van der Waals surface area contributed by atoms with Gasteiger partial charge in [0.1, 0.15) is 17.9 Å². The van der Waals surface area contributed by atoms with Crippen LogP contribution in [-0.2, 0) is 24.3 Å². The van der Waals surface area contributed by atoms with Crippen LogP contribution in [-0.4, -0.2) is 15.5 Å². The van der Waals surface area contributed by atoms with E-state index in [1.807, 2.05) is 32.0 Å². The maximum atomic E-state index is 12.7. The lowest BCUT2D eigenvalue weighted by atomic mass is 10.1. The number of benzene rings is 2. The van der Waals surface area contributed by atoms with Crippen LogP contribution in [0.15, 0.2) is 56.5 Å². The lowest BCUT2D eigenvalue weighted by molar-refractivity contribution is 0.0474. The highest BCUT2D eigenvalue weighted by atomic mass is 16.5. The Hall–Kier alpha value is -3.74. The summed E-state index contributed by atoms with van der Waals surface area (Å²) >= 11 is 0. The first-order valence-corrected chi connectivity index (χ1v) is 10.1. The van der Waals surface area contributed by atoms with Gasteiger partial charge in [0.2, 0.25) is 0 Å². The van der Waals surface area contributed by atoms with Crippen LogP contribution in [0.4, 0.5) is 0 Å². The third-order valence-electron chi connectivity index (χ3n) is 5.32. The third kappa shape index (κ3) is 3.86. The SMILES string of the molecule is CCc1ccc2c(COC(=O)c3ccc4c(c3)nc(C)c(=O)n4CC)cc(=O)oc2c1. The molecule has 7 nitrogen and oxygen atoms in total. The lowest BCUT2D eigenvalue weighted by Gasteiger charge is -2.11. The van der Waals surface area contributed by atoms with Gasteiger partial charge in [-0.25, -0.2) is 14.6 Å². The summed E-state index contributed by atoms with van der Waals surface area (Å²) in [5.74, 6) is -0.540. The van der Waals surface area contributed by atoms with Crippen molar-refractivity contribution in [3.05, 3.63) is 85.6 Å². The van der Waals surface area contributed by atoms with Gasteiger partial charge in [0, 0.05) is 23.6 Å². The molecule has 0 fully saturated rings. The maximum absolute atomic E-state index is 12.7. The van der Waals surface area contributed by atoms with E-state index in [0.717, 1.165) is 17.4 Å². The topological polar surface area (TPSA) is 91.4 Å². The largest absolute Gasteiger partial charge is 0.457 e. The van der Waals surface area contributed by atoms with E-state index in [0.29, 0.717) is 40.0 Å². The summed E-state index contributed by atoms with van der Waals surface area (Å²) in [5.41, 5.74) is 3.36. The predicted molar refractivity (Wildman–Crippen MR) is 117 cm³/mol. The van der Waals surface area contributed by atoms with Crippen LogP contribution in [0.1, 0.15) is 41.0 Å². The van der Waals surface area contributed by atoms with Gasteiger partial charge in [-0.3, -0.25) is 4.79 Å². The van der Waals surface area contributed by atoms with Gasteiger partial charge in [-0.2, -0.15) is 0 Å². The molecule has 4 aromatic rings. The van der Waals surface area contributed by atoms with Crippen molar-refractivity contribution in [2.75, 3.05) is 0 Å². The fourth-order valence-electron chi connectivity index (χ4n) is 3.66. The molecule has 0 aliphatic rings. The predicted octanol–water partition coefficient (Wildman–Crippen LogP) is 3.75. The number of carbonyl (C=O) groups is 1. The molecule has 0 saturated heterocycles. The molecule has 0 aliphatic heterocycles. The second kappa shape index (κ2) is 8.18. The van der Waals surface area contributed by atoms with E-state index in [-0.39, 0.29) is 12.2 Å². The summed E-state index contributed by atoms with van der Waals surface area (Å²) in [7, 11) is 0. The number of ether oxygens (including phenoxy) is 1. The summed E-state index contributed by atoms with van der Waals surface area (Å²) < 4.78 is 12.4. The van der Waals surface area contributed by atoms with Crippen molar-refractivity contribution in [3.63, 3.8) is 0 Å². The van der Waals surface area contributed by atoms with Gasteiger partial charge in [0.25, 0.3) is 5.56 Å². The Kier molecular flexibility index (Phi) is 5.42. The minimum atomic E-state index is -0.540. The van der Waals surface area contributed by atoms with Crippen LogP contribution in [0.3, 0.4) is 0 Å². The molecule has 0 N–H and O–H groups in total. The number of nitrogens with zero attached hydrogens (tertiary/aromatic N) is 2. The number of esters is 1. The van der Waals surface area contributed by atoms with Crippen molar-refractivity contribution in [1.29, 1.82) is 0 Å². The minimum Gasteiger partial charge on any atom is -0.457 e. The molecule has 0 radical (unpaired) electrons. The Morgan fingerprint density at radius 1 is 1.10 bits per heavy atom. The molecule has 0 aliphatic carbocycles. The quantitative estimate of drug-likeness (QED) is 0.362. The van der Waals surface area contributed by atoms with Crippen LogP contribution in [0, 0.1) is 6.92 Å². The molecule has 0 unspecified atom stereocenters. The Morgan fingerprint density at radius 2 is 1.90 bits per heavy atom. The highest BCUT2D eigenvalue weighted by Gasteiger charge is 2.14. The smallest absolute Gasteiger partial charge is 0.338 e. The van der Waals surface area contributed by atoms with E-state index in [9.17, 15) is 14.4 Å². The maximum Gasteiger partial charge on any atom is 0.338 e. The standard InChI is InChI=1S/C24H22N2O5/c1-4-15-6-8-18-17(12-22(27)31-21(18)10-15)13-30-24(29)16-7-9-20-19(11-16)25-14(3)23(28)26(20)5-2/h6-12H,4-5,13H2,1-3H3. The highest BCUT2D eigenvalue weighted by molar-refractivity contribution is 5.93. The Bertz CT molecular complexity index is 1430. The number of hydrogen-bond acceptors (Lipinski definition) is 6. The molecule has 31 heavy (non-hydrogen) atoms. The Morgan fingerprint density at radius 3 is 2.65 bits per heavy atom. The van der Waals surface area contributed by atoms with Crippen molar-refractivity contribution in [2.45, 2.75) is 40.3 Å². The highest BCUT2D eigenvalue weighted by Crippen LogP contribution is 2.21. The fourth-order valence-corrected chi connectivity index (χ4v) is 3.66. The zero-order chi connectivity index (χ0) is 22.1. The normalized spacial score (nSPS) is 11.2. The number of fused-ring (bicyclic) bond motifs is 2. The minimum absolute atomic E-state index is 0.0641. The Balaban J connectivity index is 1.63. The molecule has 7 heteroatoms. The van der Waals surface area contributed by atoms with Gasteiger partial charge in [0.05, 0.1) is 16.6 Å². The Labute approximate surface area is 177 Å². The number of aromatic nitrogens is 2. The van der Waals surface area contributed by atoms with Gasteiger partial charge in [-0.15, -0.1) is 0 Å². The van der Waals surface area contributed by atoms with E-state index < -0.39 is 11.6 Å².